The summed E-state index contributed by atoms with van der Waals surface area (Å²) in [6, 6.07) is 0. The van der Waals surface area contributed by atoms with Crippen molar-refractivity contribution in [2.24, 2.45) is 28.6 Å². The maximum Gasteiger partial charge on any atom is 0.218 e. The number of thiol groups is 1. The van der Waals surface area contributed by atoms with Crippen molar-refractivity contribution in [1.82, 2.24) is 0 Å². The minimum atomic E-state index is -2.20. The topological polar surface area (TPSA) is 74.6 Å². The number of carbonyl (C=O) groups excluding carboxylic acids is 2. The third kappa shape index (κ3) is 2.03. The predicted molar refractivity (Wildman–Crippen MR) is 102 cm³/mol. The van der Waals surface area contributed by atoms with Gasteiger partial charge in [0.05, 0.1) is 6.10 Å². The summed E-state index contributed by atoms with van der Waals surface area (Å²) in [6.07, 6.45) is 0.703. The van der Waals surface area contributed by atoms with E-state index in [1.54, 1.807) is 13.8 Å². The fraction of sp³-hybridized carbons (Fsp3) is 0.714. The fourth-order valence-corrected chi connectivity index (χ4v) is 7.47. The number of fused-ring (bicyclic) bond motifs is 5. The summed E-state index contributed by atoms with van der Waals surface area (Å²) in [4.78, 5) is 24.1. The standard InChI is InChI=1S/C21H26F2O4S/c1-10-6-12-13-8-15(22)14-7-11(24)4-5-18(14,2)20(13,23)16(25)9-19(12,3)21(10,27)17(26)28/h4-5,7,10,12-13,15-16,25,27H,6,8-9H2,1-3H3,(H,26,28)/t10?,12-,13-,15-,16-,18-,19-,20-,21-/m0/s1. The molecule has 154 valence electrons. The van der Waals surface area contributed by atoms with Gasteiger partial charge >= 0.3 is 0 Å². The quantitative estimate of drug-likeness (QED) is 0.579. The number of aliphatic hydroxyl groups excluding tert-OH is 1. The summed E-state index contributed by atoms with van der Waals surface area (Å²) in [7, 11) is 0. The van der Waals surface area contributed by atoms with Crippen molar-refractivity contribution in [3.8, 4) is 0 Å². The van der Waals surface area contributed by atoms with Crippen LogP contribution in [0.15, 0.2) is 23.8 Å². The molecule has 4 rings (SSSR count). The minimum absolute atomic E-state index is 0.0629. The summed E-state index contributed by atoms with van der Waals surface area (Å²) in [6.45, 7) is 4.92. The molecular weight excluding hydrogens is 386 g/mol. The molecule has 7 heteroatoms. The number of aliphatic hydroxyl groups is 2. The van der Waals surface area contributed by atoms with E-state index in [0.717, 1.165) is 6.08 Å². The number of ketones is 1. The van der Waals surface area contributed by atoms with Gasteiger partial charge in [0.15, 0.2) is 11.5 Å². The van der Waals surface area contributed by atoms with Gasteiger partial charge in [0, 0.05) is 16.7 Å². The normalized spacial score (nSPS) is 55.2. The van der Waals surface area contributed by atoms with Gasteiger partial charge in [-0.05, 0) is 55.7 Å². The Morgan fingerprint density at radius 3 is 2.54 bits per heavy atom. The van der Waals surface area contributed by atoms with Gasteiger partial charge in [-0.25, -0.2) is 8.78 Å². The lowest BCUT2D eigenvalue weighted by atomic mass is 9.44. The first kappa shape index (κ1) is 20.2. The van der Waals surface area contributed by atoms with E-state index in [9.17, 15) is 19.8 Å². The Morgan fingerprint density at radius 2 is 1.93 bits per heavy atom. The van der Waals surface area contributed by atoms with Crippen molar-refractivity contribution >= 4 is 23.5 Å². The van der Waals surface area contributed by atoms with Gasteiger partial charge in [0.25, 0.3) is 0 Å². The Labute approximate surface area is 168 Å². The van der Waals surface area contributed by atoms with Crippen molar-refractivity contribution in [1.29, 1.82) is 0 Å². The summed E-state index contributed by atoms with van der Waals surface area (Å²) in [5, 5.41) is 21.6. The molecule has 0 radical (unpaired) electrons. The lowest BCUT2D eigenvalue weighted by Crippen LogP contribution is -2.70. The maximum atomic E-state index is 16.8. The smallest absolute Gasteiger partial charge is 0.218 e. The molecule has 9 atom stereocenters. The first-order valence-electron chi connectivity index (χ1n) is 9.76. The highest BCUT2D eigenvalue weighted by molar-refractivity contribution is 7.96. The van der Waals surface area contributed by atoms with Crippen molar-refractivity contribution in [3.63, 3.8) is 0 Å². The van der Waals surface area contributed by atoms with Gasteiger partial charge in [-0.15, -0.1) is 12.6 Å². The van der Waals surface area contributed by atoms with Crippen molar-refractivity contribution in [2.45, 2.75) is 63.6 Å². The van der Waals surface area contributed by atoms with Gasteiger partial charge < -0.3 is 10.2 Å². The van der Waals surface area contributed by atoms with E-state index in [1.807, 2.05) is 0 Å². The van der Waals surface area contributed by atoms with Gasteiger partial charge in [-0.1, -0.05) is 19.9 Å². The molecule has 28 heavy (non-hydrogen) atoms. The molecule has 0 aromatic carbocycles. The Balaban J connectivity index is 1.88. The van der Waals surface area contributed by atoms with Crippen molar-refractivity contribution in [3.05, 3.63) is 23.8 Å². The molecule has 0 aromatic heterocycles. The van der Waals surface area contributed by atoms with Crippen LogP contribution in [0.3, 0.4) is 0 Å². The van der Waals surface area contributed by atoms with E-state index < -0.39 is 63.0 Å². The number of rotatable bonds is 1. The zero-order valence-corrected chi connectivity index (χ0v) is 17.0. The van der Waals surface area contributed by atoms with Crippen LogP contribution < -0.4 is 0 Å². The van der Waals surface area contributed by atoms with Crippen molar-refractivity contribution < 1.29 is 28.6 Å². The monoisotopic (exact) mass is 412 g/mol. The number of hydrogen-bond donors (Lipinski definition) is 3. The molecule has 1 unspecified atom stereocenters. The van der Waals surface area contributed by atoms with Crippen LogP contribution in [-0.2, 0) is 9.59 Å². The molecular formula is C21H26F2O4S. The largest absolute Gasteiger partial charge is 0.390 e. The summed E-state index contributed by atoms with van der Waals surface area (Å²) in [5.41, 5.74) is -6.53. The molecule has 0 amide bonds. The molecule has 0 aromatic rings. The SMILES string of the molecule is CC1C[C@H]2[C@@H]3C[C@H](F)C4=CC(=O)C=C[C@]4(C)[C@@]3(F)[C@@H](O)C[C@]2(C)[C@@]1(O)C(=O)S. The van der Waals surface area contributed by atoms with Gasteiger partial charge in [-0.3, -0.25) is 9.59 Å². The average molecular weight is 412 g/mol. The van der Waals surface area contributed by atoms with E-state index in [2.05, 4.69) is 12.6 Å². The molecule has 0 spiro atoms. The molecule has 4 nitrogen and oxygen atoms in total. The third-order valence-corrected chi connectivity index (χ3v) is 8.88. The van der Waals surface area contributed by atoms with Crippen LogP contribution in [0.5, 0.6) is 0 Å². The lowest BCUT2D eigenvalue weighted by molar-refractivity contribution is -0.221. The second-order valence-corrected chi connectivity index (χ2v) is 9.97. The second-order valence-electron chi connectivity index (χ2n) is 9.57. The van der Waals surface area contributed by atoms with E-state index in [1.165, 1.54) is 19.1 Å². The van der Waals surface area contributed by atoms with Crippen LogP contribution in [0.25, 0.3) is 0 Å². The van der Waals surface area contributed by atoms with Crippen LogP contribution in [-0.4, -0.2) is 44.7 Å². The second kappa shape index (κ2) is 5.76. The first-order valence-corrected chi connectivity index (χ1v) is 10.2. The van der Waals surface area contributed by atoms with Crippen LogP contribution in [0.4, 0.5) is 8.78 Å². The molecule has 4 aliphatic rings. The zero-order chi connectivity index (χ0) is 20.9. The fourth-order valence-electron chi connectivity index (χ4n) is 7.00. The number of halogens is 2. The highest BCUT2D eigenvalue weighted by atomic mass is 32.1. The summed E-state index contributed by atoms with van der Waals surface area (Å²) < 4.78 is 32.0. The highest BCUT2D eigenvalue weighted by Crippen LogP contribution is 2.71. The number of carbonyl (C=O) groups is 2. The highest BCUT2D eigenvalue weighted by Gasteiger charge is 2.76. The third-order valence-electron chi connectivity index (χ3n) is 8.54. The zero-order valence-electron chi connectivity index (χ0n) is 16.2. The maximum absolute atomic E-state index is 16.8. The molecule has 0 heterocycles. The van der Waals surface area contributed by atoms with Gasteiger partial charge in [0.2, 0.25) is 5.12 Å². The number of hydrogen-bond acceptors (Lipinski definition) is 4. The van der Waals surface area contributed by atoms with Crippen LogP contribution in [0.2, 0.25) is 0 Å². The summed E-state index contributed by atoms with van der Waals surface area (Å²) >= 11 is 3.90. The van der Waals surface area contributed by atoms with E-state index in [0.29, 0.717) is 6.42 Å². The van der Waals surface area contributed by atoms with E-state index >= 15 is 8.78 Å². The van der Waals surface area contributed by atoms with Crippen molar-refractivity contribution in [2.75, 3.05) is 0 Å². The van der Waals surface area contributed by atoms with Crippen LogP contribution in [0.1, 0.15) is 40.0 Å². The van der Waals surface area contributed by atoms with E-state index in [4.69, 9.17) is 0 Å². The average Bonchev–Trinajstić information content (AvgIpc) is 2.81. The first-order chi connectivity index (χ1) is 12.8. The summed E-state index contributed by atoms with van der Waals surface area (Å²) in [5.74, 6) is -2.29. The van der Waals surface area contributed by atoms with Crippen LogP contribution >= 0.6 is 12.6 Å². The number of alkyl halides is 2. The Hall–Kier alpha value is -1.05. The van der Waals surface area contributed by atoms with Gasteiger partial charge in [-0.2, -0.15) is 0 Å². The Kier molecular flexibility index (Phi) is 4.16. The molecule has 2 N–H and O–H groups in total. The molecule has 0 bridgehead atoms. The van der Waals surface area contributed by atoms with E-state index in [-0.39, 0.29) is 18.4 Å². The van der Waals surface area contributed by atoms with Gasteiger partial charge in [0.1, 0.15) is 11.8 Å². The Morgan fingerprint density at radius 1 is 1.29 bits per heavy atom. The molecule has 4 aliphatic carbocycles. The minimum Gasteiger partial charge on any atom is -0.390 e. The Bertz CT molecular complexity index is 827. The molecule has 0 saturated heterocycles. The van der Waals surface area contributed by atoms with Crippen LogP contribution in [0, 0.1) is 28.6 Å². The lowest BCUT2D eigenvalue weighted by Gasteiger charge is -2.62. The molecule has 0 aliphatic heterocycles. The number of allylic oxidation sites excluding steroid dienone is 4. The molecule has 3 saturated carbocycles. The molecule has 3 fully saturated rings. The predicted octanol–water partition coefficient (Wildman–Crippen LogP) is 2.74.